The predicted octanol–water partition coefficient (Wildman–Crippen LogP) is 2.83. The van der Waals surface area contributed by atoms with Crippen LogP contribution in [0.3, 0.4) is 0 Å². The van der Waals surface area contributed by atoms with Gasteiger partial charge in [0.2, 0.25) is 5.28 Å². The Balaban J connectivity index is 1.31. The third kappa shape index (κ3) is 4.26. The van der Waals surface area contributed by atoms with Crippen molar-refractivity contribution >= 4 is 36.2 Å². The molecule has 36 heavy (non-hydrogen) atoms. The van der Waals surface area contributed by atoms with Crippen LogP contribution >= 0.6 is 19.2 Å². The van der Waals surface area contributed by atoms with Crippen LogP contribution in [0.5, 0.6) is 0 Å². The molecule has 0 aromatic carbocycles. The minimum absolute atomic E-state index is 0.0278. The first-order valence-electron chi connectivity index (χ1n) is 12.5. The lowest BCUT2D eigenvalue weighted by Gasteiger charge is -2.65. The third-order valence-electron chi connectivity index (χ3n) is 8.72. The number of nitrogens with one attached hydrogen (secondary N) is 1. The standard InChI is InChI=1S/C23H33ClN5O6P/c1-21-5-12-6-22(2,8-21)10-23(7-12,9-21)28-17-14-18(27-20(24)26-17)29(11-25-14)19-16(31)15(30)13(35-19)3-4-36(32,33)34/h11-13,15-16,19,30-31H,3-10H2,1-2H3,(H,26,27,28)(H2,32,33,34)/t12-,13-,15?,16+,19-,21+,22-,23-/m1/s1. The summed E-state index contributed by atoms with van der Waals surface area (Å²) in [7, 11) is -4.27. The molecule has 4 aliphatic carbocycles. The highest BCUT2D eigenvalue weighted by atomic mass is 35.5. The fourth-order valence-electron chi connectivity index (χ4n) is 8.49. The summed E-state index contributed by atoms with van der Waals surface area (Å²) in [5, 5.41) is 24.9. The van der Waals surface area contributed by atoms with Gasteiger partial charge < -0.3 is 30.1 Å². The number of aliphatic hydroxyl groups is 2. The molecule has 5 fully saturated rings. The topological polar surface area (TPSA) is 163 Å². The lowest BCUT2D eigenvalue weighted by atomic mass is 9.43. The van der Waals surface area contributed by atoms with Gasteiger partial charge >= 0.3 is 7.60 Å². The van der Waals surface area contributed by atoms with Gasteiger partial charge in [-0.15, -0.1) is 0 Å². The number of nitrogens with zero attached hydrogens (tertiary/aromatic N) is 4. The highest BCUT2D eigenvalue weighted by Crippen LogP contribution is 2.67. The largest absolute Gasteiger partial charge is 0.388 e. The lowest BCUT2D eigenvalue weighted by molar-refractivity contribution is -0.0973. The molecule has 8 atom stereocenters. The molecule has 1 aliphatic heterocycles. The number of ether oxygens (including phenoxy) is 1. The van der Waals surface area contributed by atoms with E-state index in [0.717, 1.165) is 19.3 Å². The van der Waals surface area contributed by atoms with Crippen LogP contribution in [0.1, 0.15) is 65.0 Å². The quantitative estimate of drug-likeness (QED) is 0.271. The summed E-state index contributed by atoms with van der Waals surface area (Å²) >= 11 is 6.35. The smallest absolute Gasteiger partial charge is 0.325 e. The van der Waals surface area contributed by atoms with E-state index >= 15 is 0 Å². The Hall–Kier alpha value is -1.33. The zero-order chi connectivity index (χ0) is 25.7. The van der Waals surface area contributed by atoms with Crippen molar-refractivity contribution in [1.29, 1.82) is 0 Å². The summed E-state index contributed by atoms with van der Waals surface area (Å²) in [5.74, 6) is 1.23. The third-order valence-corrected chi connectivity index (χ3v) is 9.73. The highest BCUT2D eigenvalue weighted by molar-refractivity contribution is 7.51. The van der Waals surface area contributed by atoms with Crippen molar-refractivity contribution in [2.24, 2.45) is 16.7 Å². The van der Waals surface area contributed by atoms with Crippen LogP contribution in [0.4, 0.5) is 5.82 Å². The summed E-state index contributed by atoms with van der Waals surface area (Å²) < 4.78 is 18.6. The van der Waals surface area contributed by atoms with E-state index < -0.39 is 38.3 Å². The monoisotopic (exact) mass is 541 g/mol. The molecule has 4 saturated carbocycles. The Morgan fingerprint density at radius 1 is 1.14 bits per heavy atom. The molecule has 2 aromatic heterocycles. The average molecular weight is 542 g/mol. The summed E-state index contributed by atoms with van der Waals surface area (Å²) in [6.07, 6.45) is 3.26. The Bertz CT molecular complexity index is 1240. The fraction of sp³-hybridized carbons (Fsp3) is 0.783. The van der Waals surface area contributed by atoms with Gasteiger partial charge in [-0.2, -0.15) is 9.97 Å². The van der Waals surface area contributed by atoms with Gasteiger partial charge in [-0.3, -0.25) is 9.13 Å². The van der Waals surface area contributed by atoms with Crippen molar-refractivity contribution in [3.8, 4) is 0 Å². The second-order valence-corrected chi connectivity index (χ2v) is 14.5. The van der Waals surface area contributed by atoms with E-state index in [0.29, 0.717) is 33.7 Å². The van der Waals surface area contributed by atoms with Crippen molar-refractivity contribution in [3.63, 3.8) is 0 Å². The van der Waals surface area contributed by atoms with Crippen LogP contribution in [0.25, 0.3) is 11.2 Å². The minimum atomic E-state index is -4.27. The van der Waals surface area contributed by atoms with Crippen molar-refractivity contribution in [2.45, 2.75) is 88.9 Å². The molecule has 1 unspecified atom stereocenters. The first kappa shape index (κ1) is 25.0. The van der Waals surface area contributed by atoms with E-state index in [1.807, 2.05) is 0 Å². The summed E-state index contributed by atoms with van der Waals surface area (Å²) in [5.41, 5.74) is 1.36. The molecule has 5 N–H and O–H groups in total. The average Bonchev–Trinajstić information content (AvgIpc) is 3.24. The number of rotatable bonds is 6. The molecule has 0 radical (unpaired) electrons. The van der Waals surface area contributed by atoms with Crippen LogP contribution in [0.2, 0.25) is 5.28 Å². The molecule has 3 heterocycles. The number of fused-ring (bicyclic) bond motifs is 1. The zero-order valence-electron chi connectivity index (χ0n) is 20.3. The number of imidazole rings is 1. The molecule has 2 aromatic rings. The molecule has 7 rings (SSSR count). The van der Waals surface area contributed by atoms with Gasteiger partial charge in [-0.05, 0) is 73.3 Å². The fourth-order valence-corrected chi connectivity index (χ4v) is 9.25. The van der Waals surface area contributed by atoms with Gasteiger partial charge in [0.25, 0.3) is 0 Å². The van der Waals surface area contributed by atoms with Crippen LogP contribution in [-0.2, 0) is 9.30 Å². The van der Waals surface area contributed by atoms with Gasteiger partial charge in [0, 0.05) is 5.54 Å². The van der Waals surface area contributed by atoms with E-state index in [2.05, 4.69) is 34.1 Å². The highest BCUT2D eigenvalue weighted by Gasteiger charge is 2.60. The van der Waals surface area contributed by atoms with Crippen LogP contribution in [0.15, 0.2) is 6.33 Å². The van der Waals surface area contributed by atoms with Gasteiger partial charge in [0.1, 0.15) is 12.2 Å². The first-order chi connectivity index (χ1) is 16.8. The number of anilines is 1. The number of aromatic nitrogens is 4. The number of aliphatic hydroxyl groups excluding tert-OH is 2. The van der Waals surface area contributed by atoms with E-state index in [4.69, 9.17) is 16.3 Å². The van der Waals surface area contributed by atoms with E-state index in [1.54, 1.807) is 0 Å². The Kier molecular flexibility index (Phi) is 5.61. The van der Waals surface area contributed by atoms with E-state index in [1.165, 1.54) is 30.2 Å². The summed E-state index contributed by atoms with van der Waals surface area (Å²) in [4.78, 5) is 31.7. The summed E-state index contributed by atoms with van der Waals surface area (Å²) in [6, 6.07) is 0. The Labute approximate surface area is 213 Å². The first-order valence-corrected chi connectivity index (χ1v) is 14.7. The van der Waals surface area contributed by atoms with Crippen LogP contribution < -0.4 is 5.32 Å². The molecular formula is C23H33ClN5O6P. The molecule has 1 saturated heterocycles. The van der Waals surface area contributed by atoms with Gasteiger partial charge in [0.05, 0.1) is 18.6 Å². The predicted molar refractivity (Wildman–Crippen MR) is 132 cm³/mol. The molecule has 0 amide bonds. The number of hydrogen-bond donors (Lipinski definition) is 5. The van der Waals surface area contributed by atoms with Crippen molar-refractivity contribution in [1.82, 2.24) is 19.5 Å². The molecule has 13 heteroatoms. The maximum Gasteiger partial charge on any atom is 0.325 e. The number of hydrogen-bond acceptors (Lipinski definition) is 8. The lowest BCUT2D eigenvalue weighted by Crippen LogP contribution is -2.61. The molecule has 4 bridgehead atoms. The maximum atomic E-state index is 11.3. The van der Waals surface area contributed by atoms with Gasteiger partial charge in [0.15, 0.2) is 23.2 Å². The Morgan fingerprint density at radius 2 is 1.83 bits per heavy atom. The van der Waals surface area contributed by atoms with Crippen molar-refractivity contribution < 1.29 is 29.3 Å². The zero-order valence-corrected chi connectivity index (χ0v) is 22.0. The molecule has 0 spiro atoms. The van der Waals surface area contributed by atoms with Gasteiger partial charge in [-0.25, -0.2) is 4.98 Å². The van der Waals surface area contributed by atoms with Crippen LogP contribution in [-0.4, -0.2) is 69.5 Å². The SMILES string of the molecule is C[C@]12C[C@@H]3C[C@](C)(C1)C[C@@](Nc1nc(Cl)nc4c1ncn4[C@@H]1O[C@H](CCP(=O)(O)O)C(O)[C@@H]1O)(C3)C2. The maximum absolute atomic E-state index is 11.3. The van der Waals surface area contributed by atoms with Crippen molar-refractivity contribution in [2.75, 3.05) is 11.5 Å². The molecular weight excluding hydrogens is 509 g/mol. The minimum Gasteiger partial charge on any atom is -0.388 e. The van der Waals surface area contributed by atoms with E-state index in [9.17, 15) is 24.6 Å². The molecule has 198 valence electrons. The second-order valence-electron chi connectivity index (χ2n) is 12.4. The second kappa shape index (κ2) is 8.09. The normalized spacial score (nSPS) is 41.9. The summed E-state index contributed by atoms with van der Waals surface area (Å²) in [6.45, 7) is 4.80. The molecule has 11 nitrogen and oxygen atoms in total. The van der Waals surface area contributed by atoms with Crippen molar-refractivity contribution in [3.05, 3.63) is 11.6 Å². The Morgan fingerprint density at radius 3 is 2.47 bits per heavy atom. The number of halogens is 1. The van der Waals surface area contributed by atoms with E-state index in [-0.39, 0.29) is 17.2 Å². The van der Waals surface area contributed by atoms with Crippen LogP contribution in [0, 0.1) is 16.7 Å². The molecule has 5 aliphatic rings. The van der Waals surface area contributed by atoms with Gasteiger partial charge in [-0.1, -0.05) is 13.8 Å².